The van der Waals surface area contributed by atoms with Crippen molar-refractivity contribution in [2.45, 2.75) is 31.9 Å². The van der Waals surface area contributed by atoms with E-state index in [0.29, 0.717) is 32.8 Å². The molecule has 6 heteroatoms. The van der Waals surface area contributed by atoms with Crippen LogP contribution in [0.4, 0.5) is 0 Å². The molecule has 1 aromatic rings. The smallest absolute Gasteiger partial charge is 0.223 e. The van der Waals surface area contributed by atoms with Gasteiger partial charge in [0.2, 0.25) is 5.91 Å². The summed E-state index contributed by atoms with van der Waals surface area (Å²) >= 11 is 0. The Balaban J connectivity index is 1.30. The van der Waals surface area contributed by atoms with Gasteiger partial charge in [-0.1, -0.05) is 12.1 Å². The van der Waals surface area contributed by atoms with Crippen LogP contribution in [-0.4, -0.2) is 74.9 Å². The maximum absolute atomic E-state index is 12.6. The lowest BCUT2D eigenvalue weighted by molar-refractivity contribution is -0.128. The van der Waals surface area contributed by atoms with Crippen LogP contribution in [-0.2, 0) is 20.8 Å². The van der Waals surface area contributed by atoms with Gasteiger partial charge in [-0.3, -0.25) is 4.79 Å². The number of methoxy groups -OCH3 is 1. The van der Waals surface area contributed by atoms with Gasteiger partial charge in [0, 0.05) is 26.1 Å². The van der Waals surface area contributed by atoms with Crippen molar-refractivity contribution in [1.29, 1.82) is 0 Å². The molecule has 3 saturated heterocycles. The van der Waals surface area contributed by atoms with Gasteiger partial charge in [0.25, 0.3) is 0 Å². The predicted octanol–water partition coefficient (Wildman–Crippen LogP) is 1.93. The van der Waals surface area contributed by atoms with Gasteiger partial charge in [-0.2, -0.15) is 0 Å². The summed E-state index contributed by atoms with van der Waals surface area (Å²) in [5.41, 5.74) is 1.28. The molecule has 0 aliphatic carbocycles. The summed E-state index contributed by atoms with van der Waals surface area (Å²) in [6, 6.07) is 8.01. The fraction of sp³-hybridized carbons (Fsp3) is 0.667. The van der Waals surface area contributed by atoms with Gasteiger partial charge in [-0.05, 0) is 49.0 Å². The van der Waals surface area contributed by atoms with Crippen LogP contribution < -0.4 is 4.74 Å². The van der Waals surface area contributed by atoms with Crippen LogP contribution in [0.5, 0.6) is 5.75 Å². The molecule has 1 spiro atoms. The van der Waals surface area contributed by atoms with Crippen molar-refractivity contribution in [2.75, 3.05) is 53.1 Å². The lowest BCUT2D eigenvalue weighted by Gasteiger charge is -2.40. The SMILES string of the molecule is COc1cccc(CN2CC3(CCN(CC4COCCO4)CC3)CC2=O)c1. The number of nitrogens with zero attached hydrogens (tertiary/aromatic N) is 2. The maximum atomic E-state index is 12.6. The van der Waals surface area contributed by atoms with Crippen molar-refractivity contribution in [1.82, 2.24) is 9.80 Å². The van der Waals surface area contributed by atoms with E-state index in [-0.39, 0.29) is 17.4 Å². The molecule has 3 aliphatic heterocycles. The van der Waals surface area contributed by atoms with E-state index in [2.05, 4.69) is 11.0 Å². The number of likely N-dealkylation sites (tertiary alicyclic amines) is 2. The molecule has 3 heterocycles. The minimum absolute atomic E-state index is 0.149. The summed E-state index contributed by atoms with van der Waals surface area (Å²) in [5.74, 6) is 1.13. The molecule has 1 atom stereocenters. The van der Waals surface area contributed by atoms with Crippen molar-refractivity contribution in [3.05, 3.63) is 29.8 Å². The van der Waals surface area contributed by atoms with Crippen molar-refractivity contribution < 1.29 is 19.0 Å². The van der Waals surface area contributed by atoms with Gasteiger partial charge in [-0.25, -0.2) is 0 Å². The fourth-order valence-corrected chi connectivity index (χ4v) is 4.59. The Bertz CT molecular complexity index is 651. The Morgan fingerprint density at radius 3 is 2.85 bits per heavy atom. The highest BCUT2D eigenvalue weighted by Gasteiger charge is 2.44. The lowest BCUT2D eigenvalue weighted by atomic mass is 9.77. The minimum atomic E-state index is 0.149. The second-order valence-corrected chi connectivity index (χ2v) is 8.15. The van der Waals surface area contributed by atoms with Crippen LogP contribution in [0.3, 0.4) is 0 Å². The third-order valence-electron chi connectivity index (χ3n) is 6.18. The third kappa shape index (κ3) is 4.45. The summed E-state index contributed by atoms with van der Waals surface area (Å²) in [7, 11) is 1.67. The molecular formula is C21H30N2O4. The number of ether oxygens (including phenoxy) is 3. The maximum Gasteiger partial charge on any atom is 0.223 e. The third-order valence-corrected chi connectivity index (χ3v) is 6.18. The quantitative estimate of drug-likeness (QED) is 0.788. The second kappa shape index (κ2) is 8.17. The molecule has 0 aromatic heterocycles. The second-order valence-electron chi connectivity index (χ2n) is 8.15. The van der Waals surface area contributed by atoms with Gasteiger partial charge in [0.15, 0.2) is 0 Å². The van der Waals surface area contributed by atoms with Crippen molar-refractivity contribution >= 4 is 5.91 Å². The van der Waals surface area contributed by atoms with Crippen LogP contribution in [0, 0.1) is 5.41 Å². The molecule has 0 radical (unpaired) electrons. The fourth-order valence-electron chi connectivity index (χ4n) is 4.59. The molecule has 6 nitrogen and oxygen atoms in total. The number of amides is 1. The summed E-state index contributed by atoms with van der Waals surface area (Å²) in [6.45, 7) is 6.70. The molecule has 1 amide bonds. The Hall–Kier alpha value is -1.63. The number of piperidine rings is 1. The molecule has 0 N–H and O–H groups in total. The van der Waals surface area contributed by atoms with Crippen LogP contribution >= 0.6 is 0 Å². The zero-order valence-electron chi connectivity index (χ0n) is 16.2. The van der Waals surface area contributed by atoms with E-state index < -0.39 is 0 Å². The molecule has 148 valence electrons. The zero-order valence-corrected chi connectivity index (χ0v) is 16.2. The number of carbonyl (C=O) groups is 1. The molecule has 0 bridgehead atoms. The van der Waals surface area contributed by atoms with Crippen LogP contribution in [0.2, 0.25) is 0 Å². The van der Waals surface area contributed by atoms with Crippen molar-refractivity contribution in [3.63, 3.8) is 0 Å². The summed E-state index contributed by atoms with van der Waals surface area (Å²) in [6.07, 6.45) is 3.05. The number of rotatable bonds is 5. The topological polar surface area (TPSA) is 51.2 Å². The predicted molar refractivity (Wildman–Crippen MR) is 102 cm³/mol. The van der Waals surface area contributed by atoms with Gasteiger partial charge >= 0.3 is 0 Å². The molecule has 1 aromatic carbocycles. The van der Waals surface area contributed by atoms with E-state index >= 15 is 0 Å². The first-order valence-electron chi connectivity index (χ1n) is 9.98. The first kappa shape index (κ1) is 18.7. The summed E-state index contributed by atoms with van der Waals surface area (Å²) < 4.78 is 16.6. The molecule has 1 unspecified atom stereocenters. The molecule has 3 fully saturated rings. The van der Waals surface area contributed by atoms with Gasteiger partial charge in [0.1, 0.15) is 5.75 Å². The van der Waals surface area contributed by atoms with Gasteiger partial charge in [0.05, 0.1) is 33.0 Å². The molecule has 3 aliphatic rings. The van der Waals surface area contributed by atoms with Crippen LogP contribution in [0.15, 0.2) is 24.3 Å². The normalized spacial score (nSPS) is 25.9. The number of benzene rings is 1. The summed E-state index contributed by atoms with van der Waals surface area (Å²) in [4.78, 5) is 17.2. The first-order valence-corrected chi connectivity index (χ1v) is 9.98. The van der Waals surface area contributed by atoms with E-state index in [1.807, 2.05) is 23.1 Å². The van der Waals surface area contributed by atoms with E-state index in [1.165, 1.54) is 0 Å². The van der Waals surface area contributed by atoms with Crippen molar-refractivity contribution in [3.8, 4) is 5.75 Å². The largest absolute Gasteiger partial charge is 0.497 e. The Labute approximate surface area is 161 Å². The molecule has 4 rings (SSSR count). The minimum Gasteiger partial charge on any atom is -0.497 e. The monoisotopic (exact) mass is 374 g/mol. The van der Waals surface area contributed by atoms with E-state index in [9.17, 15) is 4.79 Å². The van der Waals surface area contributed by atoms with Crippen LogP contribution in [0.1, 0.15) is 24.8 Å². The Morgan fingerprint density at radius 1 is 1.26 bits per heavy atom. The average molecular weight is 374 g/mol. The van der Waals surface area contributed by atoms with Crippen molar-refractivity contribution in [2.24, 2.45) is 5.41 Å². The first-order chi connectivity index (χ1) is 13.2. The summed E-state index contributed by atoms with van der Waals surface area (Å²) in [5, 5.41) is 0. The van der Waals surface area contributed by atoms with Gasteiger partial charge < -0.3 is 24.0 Å². The van der Waals surface area contributed by atoms with E-state index in [4.69, 9.17) is 14.2 Å². The standard InChI is InChI=1S/C21H30N2O4/c1-25-18-4-2-3-17(11-18)13-23-16-21(12-20(23)24)5-7-22(8-6-21)14-19-15-26-9-10-27-19/h2-4,11,19H,5-10,12-16H2,1H3. The van der Waals surface area contributed by atoms with Crippen LogP contribution in [0.25, 0.3) is 0 Å². The van der Waals surface area contributed by atoms with E-state index in [1.54, 1.807) is 7.11 Å². The molecular weight excluding hydrogens is 344 g/mol. The Kier molecular flexibility index (Phi) is 5.66. The highest BCUT2D eigenvalue weighted by atomic mass is 16.6. The zero-order chi connectivity index (χ0) is 18.7. The van der Waals surface area contributed by atoms with Gasteiger partial charge in [-0.15, -0.1) is 0 Å². The lowest BCUT2D eigenvalue weighted by Crippen LogP contribution is -2.46. The highest BCUT2D eigenvalue weighted by Crippen LogP contribution is 2.41. The highest BCUT2D eigenvalue weighted by molar-refractivity contribution is 5.79. The van der Waals surface area contributed by atoms with E-state index in [0.717, 1.165) is 50.3 Å². The number of carbonyl (C=O) groups excluding carboxylic acids is 1. The number of hydrogen-bond donors (Lipinski definition) is 0. The average Bonchev–Trinajstić information content (AvgIpc) is 2.99. The molecule has 27 heavy (non-hydrogen) atoms. The number of hydrogen-bond acceptors (Lipinski definition) is 5. The molecule has 0 saturated carbocycles. The Morgan fingerprint density at radius 2 is 2.11 bits per heavy atom.